The van der Waals surface area contributed by atoms with Crippen molar-refractivity contribution in [2.45, 2.75) is 19.3 Å². The van der Waals surface area contributed by atoms with Gasteiger partial charge in [0.2, 0.25) is 5.91 Å². The van der Waals surface area contributed by atoms with Crippen LogP contribution in [0.1, 0.15) is 19.3 Å². The molecule has 4 atom stereocenters. The van der Waals surface area contributed by atoms with E-state index in [9.17, 15) is 4.79 Å². The first-order chi connectivity index (χ1) is 6.83. The lowest BCUT2D eigenvalue weighted by molar-refractivity contribution is -0.123. The topological polar surface area (TPSA) is 29.1 Å². The molecule has 0 radical (unpaired) electrons. The second kappa shape index (κ2) is 3.35. The number of nitrogens with one attached hydrogen (secondary N) is 1. The fraction of sp³-hybridized carbons (Fsp3) is 0.909. The lowest BCUT2D eigenvalue weighted by Gasteiger charge is -2.08. The van der Waals surface area contributed by atoms with E-state index in [4.69, 9.17) is 0 Å². The van der Waals surface area contributed by atoms with Gasteiger partial charge in [-0.25, -0.2) is 0 Å². The summed E-state index contributed by atoms with van der Waals surface area (Å²) in [7, 11) is 0. The number of rotatable bonds is 3. The van der Waals surface area contributed by atoms with Crippen LogP contribution >= 0.6 is 22.6 Å². The maximum absolute atomic E-state index is 11.8. The van der Waals surface area contributed by atoms with Crippen LogP contribution in [0, 0.1) is 29.6 Å². The van der Waals surface area contributed by atoms with E-state index in [2.05, 4.69) is 27.9 Å². The summed E-state index contributed by atoms with van der Waals surface area (Å²) in [6, 6.07) is 0. The fourth-order valence-corrected chi connectivity index (χ4v) is 4.23. The van der Waals surface area contributed by atoms with Gasteiger partial charge in [-0.2, -0.15) is 0 Å². The highest BCUT2D eigenvalue weighted by molar-refractivity contribution is 14.1. The summed E-state index contributed by atoms with van der Waals surface area (Å²) in [6.07, 6.45) is 4.25. The molecule has 0 aromatic rings. The predicted octanol–water partition coefficient (Wildman–Crippen LogP) is 1.83. The van der Waals surface area contributed by atoms with E-state index in [0.29, 0.717) is 11.8 Å². The molecule has 3 aliphatic rings. The molecule has 2 nitrogen and oxygen atoms in total. The van der Waals surface area contributed by atoms with Crippen LogP contribution in [0.5, 0.6) is 0 Å². The summed E-state index contributed by atoms with van der Waals surface area (Å²) >= 11 is 2.30. The Labute approximate surface area is 98.3 Å². The van der Waals surface area contributed by atoms with Crippen LogP contribution in [-0.2, 0) is 4.79 Å². The Kier molecular flexibility index (Phi) is 2.26. The van der Waals surface area contributed by atoms with Gasteiger partial charge in [-0.1, -0.05) is 22.6 Å². The summed E-state index contributed by atoms with van der Waals surface area (Å²) in [5.41, 5.74) is 0. The van der Waals surface area contributed by atoms with E-state index in [1.165, 1.54) is 19.3 Å². The Hall–Kier alpha value is 0.200. The van der Waals surface area contributed by atoms with E-state index >= 15 is 0 Å². The zero-order valence-corrected chi connectivity index (χ0v) is 10.4. The van der Waals surface area contributed by atoms with E-state index in [1.807, 2.05) is 0 Å². The number of carbonyl (C=O) groups excluding carboxylic acids is 1. The standard InChI is InChI=1S/C11H16INO/c12-3-4-13-11(14)10-8-6-1-2-7(5-6)9(8)10/h6-10H,1-5H2,(H,13,14). The molecule has 0 saturated heterocycles. The van der Waals surface area contributed by atoms with Crippen LogP contribution in [0.2, 0.25) is 0 Å². The van der Waals surface area contributed by atoms with Crippen molar-refractivity contribution < 1.29 is 4.79 Å². The lowest BCUT2D eigenvalue weighted by Crippen LogP contribution is -2.29. The molecule has 14 heavy (non-hydrogen) atoms. The van der Waals surface area contributed by atoms with Gasteiger partial charge >= 0.3 is 0 Å². The molecule has 4 unspecified atom stereocenters. The minimum atomic E-state index is 0.355. The smallest absolute Gasteiger partial charge is 0.223 e. The van der Waals surface area contributed by atoms with Crippen molar-refractivity contribution in [3.8, 4) is 0 Å². The minimum absolute atomic E-state index is 0.355. The number of halogens is 1. The molecule has 2 bridgehead atoms. The molecule has 78 valence electrons. The van der Waals surface area contributed by atoms with Gasteiger partial charge in [0.15, 0.2) is 0 Å². The minimum Gasteiger partial charge on any atom is -0.355 e. The molecule has 3 saturated carbocycles. The summed E-state index contributed by atoms with van der Waals surface area (Å²) in [4.78, 5) is 11.8. The van der Waals surface area contributed by atoms with Crippen LogP contribution in [0.3, 0.4) is 0 Å². The van der Waals surface area contributed by atoms with E-state index in [1.54, 1.807) is 0 Å². The Morgan fingerprint density at radius 2 is 1.93 bits per heavy atom. The third-order valence-corrected chi connectivity index (χ3v) is 4.97. The Balaban J connectivity index is 1.60. The average Bonchev–Trinajstić information content (AvgIpc) is 2.64. The molecular formula is C11H16INO. The van der Waals surface area contributed by atoms with Gasteiger partial charge < -0.3 is 5.32 Å². The molecule has 3 rings (SSSR count). The second-order valence-corrected chi connectivity index (χ2v) is 6.07. The van der Waals surface area contributed by atoms with Crippen molar-refractivity contribution in [3.63, 3.8) is 0 Å². The second-order valence-electron chi connectivity index (χ2n) is 4.99. The first-order valence-electron chi connectivity index (χ1n) is 5.66. The monoisotopic (exact) mass is 305 g/mol. The van der Waals surface area contributed by atoms with Crippen LogP contribution < -0.4 is 5.32 Å². The highest BCUT2D eigenvalue weighted by Crippen LogP contribution is 2.69. The van der Waals surface area contributed by atoms with Crippen molar-refractivity contribution in [3.05, 3.63) is 0 Å². The zero-order valence-electron chi connectivity index (χ0n) is 8.21. The van der Waals surface area contributed by atoms with Crippen LogP contribution in [0.15, 0.2) is 0 Å². The van der Waals surface area contributed by atoms with Crippen molar-refractivity contribution in [1.29, 1.82) is 0 Å². The number of alkyl halides is 1. The maximum atomic E-state index is 11.8. The molecule has 0 aromatic heterocycles. The van der Waals surface area contributed by atoms with Crippen molar-refractivity contribution in [2.24, 2.45) is 29.6 Å². The van der Waals surface area contributed by atoms with E-state index in [-0.39, 0.29) is 0 Å². The third kappa shape index (κ3) is 1.24. The van der Waals surface area contributed by atoms with Crippen molar-refractivity contribution >= 4 is 28.5 Å². The molecule has 0 aromatic carbocycles. The largest absolute Gasteiger partial charge is 0.355 e. The van der Waals surface area contributed by atoms with E-state index in [0.717, 1.165) is 34.6 Å². The molecule has 3 aliphatic carbocycles. The van der Waals surface area contributed by atoms with E-state index < -0.39 is 0 Å². The van der Waals surface area contributed by atoms with Crippen molar-refractivity contribution in [1.82, 2.24) is 5.32 Å². The predicted molar refractivity (Wildman–Crippen MR) is 63.2 cm³/mol. The highest BCUT2D eigenvalue weighted by Gasteiger charge is 2.67. The number of carbonyl (C=O) groups is 1. The number of hydrogen-bond acceptors (Lipinski definition) is 1. The molecule has 3 heteroatoms. The Morgan fingerprint density at radius 1 is 1.29 bits per heavy atom. The fourth-order valence-electron chi connectivity index (χ4n) is 3.96. The van der Waals surface area contributed by atoms with Gasteiger partial charge in [0, 0.05) is 16.9 Å². The van der Waals surface area contributed by atoms with Crippen LogP contribution in [-0.4, -0.2) is 16.9 Å². The van der Waals surface area contributed by atoms with Crippen LogP contribution in [0.4, 0.5) is 0 Å². The average molecular weight is 305 g/mol. The third-order valence-electron chi connectivity index (χ3n) is 4.43. The molecule has 0 spiro atoms. The molecule has 1 N–H and O–H groups in total. The van der Waals surface area contributed by atoms with Gasteiger partial charge in [-0.15, -0.1) is 0 Å². The van der Waals surface area contributed by atoms with Gasteiger partial charge in [-0.3, -0.25) is 4.79 Å². The van der Waals surface area contributed by atoms with Crippen molar-refractivity contribution in [2.75, 3.05) is 11.0 Å². The molecule has 0 aliphatic heterocycles. The van der Waals surface area contributed by atoms with Gasteiger partial charge in [0.05, 0.1) is 0 Å². The van der Waals surface area contributed by atoms with Gasteiger partial charge in [-0.05, 0) is 42.9 Å². The molecular weight excluding hydrogens is 289 g/mol. The number of fused-ring (bicyclic) bond motifs is 5. The summed E-state index contributed by atoms with van der Waals surface area (Å²) in [5.74, 6) is 4.20. The highest BCUT2D eigenvalue weighted by atomic mass is 127. The first kappa shape index (κ1) is 9.43. The summed E-state index contributed by atoms with van der Waals surface area (Å²) < 4.78 is 1.03. The van der Waals surface area contributed by atoms with Gasteiger partial charge in [0.1, 0.15) is 0 Å². The zero-order chi connectivity index (χ0) is 9.71. The Morgan fingerprint density at radius 3 is 2.50 bits per heavy atom. The lowest BCUT2D eigenvalue weighted by atomic mass is 10.0. The first-order valence-corrected chi connectivity index (χ1v) is 7.19. The summed E-state index contributed by atoms with van der Waals surface area (Å²) in [6.45, 7) is 0.852. The summed E-state index contributed by atoms with van der Waals surface area (Å²) in [5, 5.41) is 3.05. The quantitative estimate of drug-likeness (QED) is 0.625. The molecule has 1 amide bonds. The SMILES string of the molecule is O=C(NCCI)C1C2C3CCC(C3)C12. The Bertz CT molecular complexity index is 252. The number of amides is 1. The van der Waals surface area contributed by atoms with Gasteiger partial charge in [0.25, 0.3) is 0 Å². The normalized spacial score (nSPS) is 47.6. The van der Waals surface area contributed by atoms with Crippen LogP contribution in [0.25, 0.3) is 0 Å². The maximum Gasteiger partial charge on any atom is 0.223 e. The molecule has 3 fully saturated rings. The number of hydrogen-bond donors (Lipinski definition) is 1. The molecule has 0 heterocycles.